The smallest absolute Gasteiger partial charge is 0.200 e. The van der Waals surface area contributed by atoms with Gasteiger partial charge in [-0.3, -0.25) is 0 Å². The molecule has 0 radical (unpaired) electrons. The Labute approximate surface area is 145 Å². The van der Waals surface area contributed by atoms with E-state index in [1.807, 2.05) is 7.05 Å². The number of aromatic nitrogens is 4. The summed E-state index contributed by atoms with van der Waals surface area (Å²) in [7, 11) is 1.82. The molecule has 0 bridgehead atoms. The molecule has 0 aromatic carbocycles. The van der Waals surface area contributed by atoms with Gasteiger partial charge in [-0.05, 0) is 50.9 Å². The Kier molecular flexibility index (Phi) is 5.31. The molecule has 2 heterocycles. The molecule has 0 fully saturated rings. The van der Waals surface area contributed by atoms with Gasteiger partial charge >= 0.3 is 0 Å². The number of anilines is 2. The van der Waals surface area contributed by atoms with Crippen LogP contribution >= 0.6 is 38.5 Å². The minimum atomic E-state index is 0.432. The number of nitrogens with two attached hydrogens (primary N) is 1. The second-order valence-electron chi connectivity index (χ2n) is 4.93. The van der Waals surface area contributed by atoms with Crippen LogP contribution in [-0.4, -0.2) is 27.0 Å². The van der Waals surface area contributed by atoms with Crippen LogP contribution in [0.1, 0.15) is 19.5 Å². The Morgan fingerprint density at radius 2 is 2.00 bits per heavy atom. The molecule has 21 heavy (non-hydrogen) atoms. The maximum absolute atomic E-state index is 5.84. The van der Waals surface area contributed by atoms with Gasteiger partial charge in [0.05, 0.1) is 13.7 Å². The highest BCUT2D eigenvalue weighted by molar-refractivity contribution is 14.1. The fraction of sp³-hybridized carbons (Fsp3) is 0.385. The summed E-state index contributed by atoms with van der Waals surface area (Å²) in [5.41, 5.74) is 6.77. The van der Waals surface area contributed by atoms with Gasteiger partial charge in [0, 0.05) is 13.2 Å². The minimum Gasteiger partial charge on any atom is -0.383 e. The molecule has 0 unspecified atom stereocenters. The number of nitrogens with zero attached hydrogens (tertiary/aromatic N) is 4. The molecule has 8 heteroatoms. The third-order valence-corrected chi connectivity index (χ3v) is 4.39. The molecule has 0 aliphatic rings. The van der Waals surface area contributed by atoms with Crippen molar-refractivity contribution in [3.63, 3.8) is 0 Å². The number of hydrogen-bond acceptors (Lipinski definition) is 6. The first-order chi connectivity index (χ1) is 9.92. The van der Waals surface area contributed by atoms with Gasteiger partial charge in [0.2, 0.25) is 0 Å². The van der Waals surface area contributed by atoms with Crippen LogP contribution in [0.3, 0.4) is 0 Å². The van der Waals surface area contributed by atoms with Crippen LogP contribution in [-0.2, 0) is 6.42 Å². The highest BCUT2D eigenvalue weighted by atomic mass is 127. The van der Waals surface area contributed by atoms with Crippen LogP contribution < -0.4 is 11.1 Å². The van der Waals surface area contributed by atoms with Gasteiger partial charge in [0.1, 0.15) is 11.6 Å². The topological polar surface area (TPSA) is 89.6 Å². The van der Waals surface area contributed by atoms with Crippen molar-refractivity contribution in [2.75, 3.05) is 18.1 Å². The van der Waals surface area contributed by atoms with Gasteiger partial charge in [-0.2, -0.15) is 0 Å². The minimum absolute atomic E-state index is 0.432. The maximum Gasteiger partial charge on any atom is 0.200 e. The molecule has 3 N–H and O–H groups in total. The van der Waals surface area contributed by atoms with Crippen molar-refractivity contribution in [3.8, 4) is 11.6 Å². The zero-order valence-electron chi connectivity index (χ0n) is 12.0. The van der Waals surface area contributed by atoms with Crippen molar-refractivity contribution in [1.82, 2.24) is 19.9 Å². The van der Waals surface area contributed by atoms with E-state index in [0.717, 1.165) is 26.0 Å². The number of nitrogens with one attached hydrogen (secondary N) is 1. The Bertz CT molecular complexity index is 661. The summed E-state index contributed by atoms with van der Waals surface area (Å²) in [5.74, 6) is 2.54. The highest BCUT2D eigenvalue weighted by Gasteiger charge is 2.16. The van der Waals surface area contributed by atoms with Crippen LogP contribution in [0, 0.1) is 9.49 Å². The number of rotatable bonds is 4. The average Bonchev–Trinajstić information content (AvgIpc) is 2.43. The standard InChI is InChI=1S/C13H16BrIN6/c1-6(2)4-8-9(14)11(17-3)21-13(19-8)12-18-5-7(15)10(16)20-12/h5-6H,4H2,1-3H3,(H2,16,18,20)(H,17,19,21). The fourth-order valence-electron chi connectivity index (χ4n) is 1.77. The second-order valence-corrected chi connectivity index (χ2v) is 6.89. The Hall–Kier alpha value is -1.03. The fourth-order valence-corrected chi connectivity index (χ4v) is 2.57. The number of halogens is 2. The molecule has 0 atom stereocenters. The van der Waals surface area contributed by atoms with E-state index in [-0.39, 0.29) is 0 Å². The predicted octanol–water partition coefficient (Wildman–Crippen LogP) is 3.12. The largest absolute Gasteiger partial charge is 0.383 e. The lowest BCUT2D eigenvalue weighted by molar-refractivity contribution is 0.632. The van der Waals surface area contributed by atoms with Crippen LogP contribution in [0.2, 0.25) is 0 Å². The van der Waals surface area contributed by atoms with Crippen molar-refractivity contribution in [2.24, 2.45) is 5.92 Å². The van der Waals surface area contributed by atoms with E-state index in [1.54, 1.807) is 6.20 Å². The lowest BCUT2D eigenvalue weighted by atomic mass is 10.1. The van der Waals surface area contributed by atoms with Crippen LogP contribution in [0.25, 0.3) is 11.6 Å². The first-order valence-electron chi connectivity index (χ1n) is 6.45. The molecule has 0 saturated heterocycles. The van der Waals surface area contributed by atoms with Crippen molar-refractivity contribution in [1.29, 1.82) is 0 Å². The summed E-state index contributed by atoms with van der Waals surface area (Å²) in [4.78, 5) is 17.6. The molecule has 6 nitrogen and oxygen atoms in total. The van der Waals surface area contributed by atoms with Crippen molar-refractivity contribution >= 4 is 50.2 Å². The van der Waals surface area contributed by atoms with Crippen LogP contribution in [0.5, 0.6) is 0 Å². The van der Waals surface area contributed by atoms with Crippen molar-refractivity contribution in [2.45, 2.75) is 20.3 Å². The summed E-state index contributed by atoms with van der Waals surface area (Å²) >= 11 is 5.64. The Morgan fingerprint density at radius 1 is 1.29 bits per heavy atom. The molecule has 0 spiro atoms. The summed E-state index contributed by atoms with van der Waals surface area (Å²) in [6.07, 6.45) is 2.51. The second kappa shape index (κ2) is 6.82. The van der Waals surface area contributed by atoms with E-state index >= 15 is 0 Å². The Balaban J connectivity index is 2.54. The molecule has 2 rings (SSSR count). The van der Waals surface area contributed by atoms with Crippen LogP contribution in [0.4, 0.5) is 11.6 Å². The Morgan fingerprint density at radius 3 is 2.57 bits per heavy atom. The summed E-state index contributed by atoms with van der Waals surface area (Å²) in [5, 5.41) is 3.06. The predicted molar refractivity (Wildman–Crippen MR) is 96.0 cm³/mol. The molecule has 0 aliphatic carbocycles. The van der Waals surface area contributed by atoms with Crippen molar-refractivity contribution in [3.05, 3.63) is 19.9 Å². The molecular weight excluding hydrogens is 447 g/mol. The monoisotopic (exact) mass is 462 g/mol. The summed E-state index contributed by atoms with van der Waals surface area (Å²) in [6, 6.07) is 0. The molecular formula is C13H16BrIN6. The van der Waals surface area contributed by atoms with Crippen LogP contribution in [0.15, 0.2) is 10.7 Å². The normalized spacial score (nSPS) is 11.0. The lowest BCUT2D eigenvalue weighted by Crippen LogP contribution is -2.08. The van der Waals surface area contributed by atoms with E-state index in [4.69, 9.17) is 5.73 Å². The first-order valence-corrected chi connectivity index (χ1v) is 8.32. The number of nitrogen functional groups attached to an aromatic ring is 1. The van der Waals surface area contributed by atoms with Gasteiger partial charge in [-0.15, -0.1) is 0 Å². The van der Waals surface area contributed by atoms with E-state index in [0.29, 0.717) is 23.4 Å². The zero-order chi connectivity index (χ0) is 15.6. The summed E-state index contributed by atoms with van der Waals surface area (Å²) < 4.78 is 1.69. The van der Waals surface area contributed by atoms with E-state index in [2.05, 4.69) is 77.6 Å². The molecule has 0 amide bonds. The zero-order valence-corrected chi connectivity index (χ0v) is 15.7. The van der Waals surface area contributed by atoms with Crippen molar-refractivity contribution < 1.29 is 0 Å². The van der Waals surface area contributed by atoms with E-state index in [9.17, 15) is 0 Å². The molecule has 2 aromatic rings. The van der Waals surface area contributed by atoms with Gasteiger partial charge in [-0.25, -0.2) is 19.9 Å². The van der Waals surface area contributed by atoms with Gasteiger partial charge in [0.15, 0.2) is 11.6 Å². The third-order valence-electron chi connectivity index (χ3n) is 2.73. The molecule has 112 valence electrons. The first kappa shape index (κ1) is 16.3. The van der Waals surface area contributed by atoms with E-state index in [1.165, 1.54) is 0 Å². The average molecular weight is 463 g/mol. The van der Waals surface area contributed by atoms with Gasteiger partial charge < -0.3 is 11.1 Å². The van der Waals surface area contributed by atoms with E-state index < -0.39 is 0 Å². The molecule has 0 aliphatic heterocycles. The maximum atomic E-state index is 5.84. The molecule has 0 saturated carbocycles. The quantitative estimate of drug-likeness (QED) is 0.678. The van der Waals surface area contributed by atoms with Gasteiger partial charge in [0.25, 0.3) is 0 Å². The summed E-state index contributed by atoms with van der Waals surface area (Å²) in [6.45, 7) is 4.29. The SMILES string of the molecule is CNc1nc(-c2ncc(I)c(N)n2)nc(CC(C)C)c1Br. The lowest BCUT2D eigenvalue weighted by Gasteiger charge is -2.12. The molecule has 2 aromatic heterocycles. The van der Waals surface area contributed by atoms with Gasteiger partial charge in [-0.1, -0.05) is 13.8 Å². The number of hydrogen-bond donors (Lipinski definition) is 2. The third kappa shape index (κ3) is 3.79. The highest BCUT2D eigenvalue weighted by Crippen LogP contribution is 2.28.